The molecule has 150 valence electrons. The topological polar surface area (TPSA) is 42.0 Å². The van der Waals surface area contributed by atoms with E-state index < -0.39 is 0 Å². The summed E-state index contributed by atoms with van der Waals surface area (Å²) >= 11 is 0. The summed E-state index contributed by atoms with van der Waals surface area (Å²) in [4.78, 5) is 16.6. The fourth-order valence-corrected chi connectivity index (χ4v) is 3.60. The van der Waals surface area contributed by atoms with Gasteiger partial charge in [0, 0.05) is 24.7 Å². The van der Waals surface area contributed by atoms with Crippen molar-refractivity contribution < 1.29 is 18.7 Å². The van der Waals surface area contributed by atoms with Crippen LogP contribution in [-0.4, -0.2) is 50.1 Å². The van der Waals surface area contributed by atoms with Crippen molar-refractivity contribution in [2.45, 2.75) is 25.9 Å². The monoisotopic (exact) mass is 386 g/mol. The molecule has 1 unspecified atom stereocenters. The number of amides is 1. The fraction of sp³-hybridized carbons (Fsp3) is 0.409. The first kappa shape index (κ1) is 20.1. The van der Waals surface area contributed by atoms with E-state index >= 15 is 0 Å². The SMILES string of the molecule is COc1cc2c(cc1OC)CN(C(=O)CN(C)C(C)c1ccccc1F)CC2. The van der Waals surface area contributed by atoms with Crippen LogP contribution in [0.25, 0.3) is 0 Å². The highest BCUT2D eigenvalue weighted by Gasteiger charge is 2.25. The molecule has 0 saturated carbocycles. The predicted molar refractivity (Wildman–Crippen MR) is 106 cm³/mol. The minimum absolute atomic E-state index is 0.0334. The summed E-state index contributed by atoms with van der Waals surface area (Å²) in [5.74, 6) is 1.16. The number of ether oxygens (including phenoxy) is 2. The first-order chi connectivity index (χ1) is 13.4. The van der Waals surface area contributed by atoms with Crippen molar-refractivity contribution in [2.24, 2.45) is 0 Å². The summed E-state index contributed by atoms with van der Waals surface area (Å²) in [6.07, 6.45) is 0.772. The zero-order valence-corrected chi connectivity index (χ0v) is 16.9. The van der Waals surface area contributed by atoms with E-state index in [2.05, 4.69) is 0 Å². The number of rotatable bonds is 6. The maximum atomic E-state index is 14.0. The standard InChI is InChI=1S/C22H27FN2O3/c1-15(18-7-5-6-8-19(18)23)24(2)14-22(26)25-10-9-16-11-20(27-3)21(28-4)12-17(16)13-25/h5-8,11-12,15H,9-10,13-14H2,1-4H3. The second-order valence-corrected chi connectivity index (χ2v) is 7.15. The van der Waals surface area contributed by atoms with Crippen LogP contribution in [0, 0.1) is 5.82 Å². The van der Waals surface area contributed by atoms with E-state index in [1.165, 1.54) is 11.6 Å². The number of methoxy groups -OCH3 is 2. The molecule has 0 spiro atoms. The maximum absolute atomic E-state index is 14.0. The Hall–Kier alpha value is -2.60. The van der Waals surface area contributed by atoms with Gasteiger partial charge in [-0.05, 0) is 49.7 Å². The van der Waals surface area contributed by atoms with Crippen molar-refractivity contribution in [3.05, 3.63) is 58.9 Å². The third-order valence-electron chi connectivity index (χ3n) is 5.47. The Balaban J connectivity index is 1.68. The Labute approximate surface area is 165 Å². The normalized spacial score (nSPS) is 14.6. The van der Waals surface area contributed by atoms with Crippen LogP contribution in [0.4, 0.5) is 4.39 Å². The number of carbonyl (C=O) groups is 1. The Morgan fingerprint density at radius 1 is 1.18 bits per heavy atom. The molecule has 1 atom stereocenters. The second-order valence-electron chi connectivity index (χ2n) is 7.15. The van der Waals surface area contributed by atoms with Gasteiger partial charge in [0.05, 0.1) is 20.8 Å². The molecule has 2 aromatic carbocycles. The highest BCUT2D eigenvalue weighted by Crippen LogP contribution is 2.33. The lowest BCUT2D eigenvalue weighted by Gasteiger charge is -2.32. The van der Waals surface area contributed by atoms with E-state index in [1.807, 2.05) is 42.0 Å². The van der Waals surface area contributed by atoms with Gasteiger partial charge in [0.1, 0.15) is 5.82 Å². The molecular weight excluding hydrogens is 359 g/mol. The number of hydrogen-bond donors (Lipinski definition) is 0. The van der Waals surface area contributed by atoms with Gasteiger partial charge in [-0.1, -0.05) is 18.2 Å². The summed E-state index contributed by atoms with van der Waals surface area (Å²) in [7, 11) is 5.07. The number of benzene rings is 2. The quantitative estimate of drug-likeness (QED) is 0.763. The predicted octanol–water partition coefficient (Wildman–Crippen LogP) is 3.42. The van der Waals surface area contributed by atoms with Crippen molar-refractivity contribution in [2.75, 3.05) is 34.4 Å². The van der Waals surface area contributed by atoms with Gasteiger partial charge in [-0.2, -0.15) is 0 Å². The molecule has 1 amide bonds. The lowest BCUT2D eigenvalue weighted by atomic mass is 9.98. The van der Waals surface area contributed by atoms with Crippen LogP contribution in [0.2, 0.25) is 0 Å². The molecule has 1 heterocycles. The number of halogens is 1. The van der Waals surface area contributed by atoms with Gasteiger partial charge in [-0.15, -0.1) is 0 Å². The second kappa shape index (κ2) is 8.61. The number of hydrogen-bond acceptors (Lipinski definition) is 4. The molecule has 0 fully saturated rings. The van der Waals surface area contributed by atoms with Crippen molar-refractivity contribution in [3.63, 3.8) is 0 Å². The number of fused-ring (bicyclic) bond motifs is 1. The maximum Gasteiger partial charge on any atom is 0.237 e. The van der Waals surface area contributed by atoms with E-state index in [-0.39, 0.29) is 24.3 Å². The Kier molecular flexibility index (Phi) is 6.19. The smallest absolute Gasteiger partial charge is 0.237 e. The minimum atomic E-state index is -0.248. The summed E-state index contributed by atoms with van der Waals surface area (Å²) < 4.78 is 24.8. The van der Waals surface area contributed by atoms with Gasteiger partial charge in [-0.25, -0.2) is 4.39 Å². The van der Waals surface area contributed by atoms with Crippen LogP contribution in [0.15, 0.2) is 36.4 Å². The molecule has 0 N–H and O–H groups in total. The lowest BCUT2D eigenvalue weighted by molar-refractivity contribution is -0.133. The summed E-state index contributed by atoms with van der Waals surface area (Å²) in [5, 5.41) is 0. The highest BCUT2D eigenvalue weighted by molar-refractivity contribution is 5.78. The van der Waals surface area contributed by atoms with Crippen LogP contribution >= 0.6 is 0 Å². The molecular formula is C22H27FN2O3. The average Bonchev–Trinajstić information content (AvgIpc) is 2.71. The van der Waals surface area contributed by atoms with E-state index in [4.69, 9.17) is 9.47 Å². The number of likely N-dealkylation sites (N-methyl/N-ethyl adjacent to an activating group) is 1. The van der Waals surface area contributed by atoms with Gasteiger partial charge in [0.15, 0.2) is 11.5 Å². The van der Waals surface area contributed by atoms with E-state index in [1.54, 1.807) is 26.4 Å². The third kappa shape index (κ3) is 4.12. The molecule has 1 aliphatic rings. The molecule has 6 heteroatoms. The highest BCUT2D eigenvalue weighted by atomic mass is 19.1. The van der Waals surface area contributed by atoms with Crippen LogP contribution in [0.3, 0.4) is 0 Å². The number of nitrogens with zero attached hydrogens (tertiary/aromatic N) is 2. The third-order valence-corrected chi connectivity index (χ3v) is 5.47. The molecule has 3 rings (SSSR count). The van der Waals surface area contributed by atoms with Gasteiger partial charge in [-0.3, -0.25) is 9.69 Å². The zero-order chi connectivity index (χ0) is 20.3. The molecule has 0 radical (unpaired) electrons. The first-order valence-electron chi connectivity index (χ1n) is 9.40. The lowest BCUT2D eigenvalue weighted by Crippen LogP contribution is -2.42. The Morgan fingerprint density at radius 2 is 1.82 bits per heavy atom. The van der Waals surface area contributed by atoms with E-state index in [9.17, 15) is 9.18 Å². The van der Waals surface area contributed by atoms with Crippen LogP contribution < -0.4 is 9.47 Å². The molecule has 0 aromatic heterocycles. The average molecular weight is 386 g/mol. The van der Waals surface area contributed by atoms with Gasteiger partial charge >= 0.3 is 0 Å². The van der Waals surface area contributed by atoms with Gasteiger partial charge in [0.2, 0.25) is 5.91 Å². The van der Waals surface area contributed by atoms with E-state index in [0.29, 0.717) is 30.2 Å². The van der Waals surface area contributed by atoms with Crippen molar-refractivity contribution >= 4 is 5.91 Å². The van der Waals surface area contributed by atoms with Gasteiger partial charge in [0.25, 0.3) is 0 Å². The summed E-state index contributed by atoms with van der Waals surface area (Å²) in [6.45, 7) is 3.34. The molecule has 2 aromatic rings. The van der Waals surface area contributed by atoms with E-state index in [0.717, 1.165) is 12.0 Å². The molecule has 0 saturated heterocycles. The fourth-order valence-electron chi connectivity index (χ4n) is 3.60. The van der Waals surface area contributed by atoms with Crippen molar-refractivity contribution in [1.29, 1.82) is 0 Å². The largest absolute Gasteiger partial charge is 0.493 e. The summed E-state index contributed by atoms with van der Waals surface area (Å²) in [5.41, 5.74) is 2.84. The van der Waals surface area contributed by atoms with Gasteiger partial charge < -0.3 is 14.4 Å². The van der Waals surface area contributed by atoms with Crippen LogP contribution in [-0.2, 0) is 17.8 Å². The number of carbonyl (C=O) groups excluding carboxylic acids is 1. The Bertz CT molecular complexity index is 856. The Morgan fingerprint density at radius 3 is 2.46 bits per heavy atom. The zero-order valence-electron chi connectivity index (χ0n) is 16.9. The summed E-state index contributed by atoms with van der Waals surface area (Å²) in [6, 6.07) is 10.4. The molecule has 0 aliphatic carbocycles. The molecule has 28 heavy (non-hydrogen) atoms. The van der Waals surface area contributed by atoms with Crippen LogP contribution in [0.1, 0.15) is 29.7 Å². The molecule has 5 nitrogen and oxygen atoms in total. The first-order valence-corrected chi connectivity index (χ1v) is 9.40. The molecule has 1 aliphatic heterocycles. The van der Waals surface area contributed by atoms with Crippen molar-refractivity contribution in [3.8, 4) is 11.5 Å². The minimum Gasteiger partial charge on any atom is -0.493 e. The molecule has 0 bridgehead atoms. The van der Waals surface area contributed by atoms with Crippen LogP contribution in [0.5, 0.6) is 11.5 Å². The van der Waals surface area contributed by atoms with Crippen molar-refractivity contribution in [1.82, 2.24) is 9.80 Å².